The molecule has 0 aliphatic carbocycles. The summed E-state index contributed by atoms with van der Waals surface area (Å²) < 4.78 is 0. The molecule has 4 rings (SSSR count). The van der Waals surface area contributed by atoms with Crippen molar-refractivity contribution in [2.75, 3.05) is 19.7 Å². The maximum absolute atomic E-state index is 13.5. The Balaban J connectivity index is 1.33. The summed E-state index contributed by atoms with van der Waals surface area (Å²) in [6.45, 7) is 4.72. The number of aliphatic hydroxyl groups excluding tert-OH is 1. The molecule has 0 saturated carbocycles. The number of nitrogens with zero attached hydrogens (tertiary/aromatic N) is 4. The van der Waals surface area contributed by atoms with Crippen LogP contribution in [0.25, 0.3) is 0 Å². The average molecular weight is 758 g/mol. The van der Waals surface area contributed by atoms with Gasteiger partial charge >= 0.3 is 5.97 Å². The molecular formula is C34H51N11O9. The van der Waals surface area contributed by atoms with Gasteiger partial charge in [-0.2, -0.15) is 0 Å². The number of carboxylic acids is 1. The van der Waals surface area contributed by atoms with Gasteiger partial charge in [0.1, 0.15) is 36.3 Å². The molecule has 20 nitrogen and oxygen atoms in total. The van der Waals surface area contributed by atoms with Crippen molar-refractivity contribution in [2.24, 2.45) is 11.7 Å². The van der Waals surface area contributed by atoms with E-state index < -0.39 is 90.3 Å². The molecule has 7 atom stereocenters. The van der Waals surface area contributed by atoms with E-state index in [0.29, 0.717) is 37.2 Å². The molecule has 2 saturated heterocycles. The first-order valence-corrected chi connectivity index (χ1v) is 18.1. The smallest absolute Gasteiger partial charge is 0.326 e. The van der Waals surface area contributed by atoms with E-state index in [0.717, 1.165) is 0 Å². The molecule has 54 heavy (non-hydrogen) atoms. The third kappa shape index (κ3) is 10.8. The Bertz CT molecular complexity index is 1620. The van der Waals surface area contributed by atoms with Crippen molar-refractivity contribution >= 4 is 41.4 Å². The lowest BCUT2D eigenvalue weighted by atomic mass is 10.0. The van der Waals surface area contributed by atoms with Crippen LogP contribution in [0.15, 0.2) is 25.0 Å². The molecular weight excluding hydrogens is 706 g/mol. The molecule has 0 unspecified atom stereocenters. The highest BCUT2D eigenvalue weighted by Crippen LogP contribution is 2.21. The average Bonchev–Trinajstić information content (AvgIpc) is 3.97. The van der Waals surface area contributed by atoms with Gasteiger partial charge in [-0.15, -0.1) is 0 Å². The van der Waals surface area contributed by atoms with Crippen molar-refractivity contribution in [1.82, 2.24) is 51.0 Å². The summed E-state index contributed by atoms with van der Waals surface area (Å²) in [7, 11) is 0. The molecule has 4 heterocycles. The van der Waals surface area contributed by atoms with E-state index in [1.54, 1.807) is 6.20 Å². The number of amides is 6. The highest BCUT2D eigenvalue weighted by Gasteiger charge is 2.40. The molecule has 0 bridgehead atoms. The Kier molecular flexibility index (Phi) is 14.6. The number of carbonyl (C=O) groups is 7. The van der Waals surface area contributed by atoms with Crippen LogP contribution in [0.4, 0.5) is 0 Å². The van der Waals surface area contributed by atoms with Crippen LogP contribution in [0.5, 0.6) is 0 Å². The molecule has 2 aliphatic heterocycles. The molecule has 20 heteroatoms. The number of carbonyl (C=O) groups excluding carboxylic acids is 6. The molecule has 2 aliphatic rings. The van der Waals surface area contributed by atoms with Crippen molar-refractivity contribution < 1.29 is 43.8 Å². The fourth-order valence-corrected chi connectivity index (χ4v) is 6.66. The van der Waals surface area contributed by atoms with Crippen molar-refractivity contribution in [3.8, 4) is 0 Å². The summed E-state index contributed by atoms with van der Waals surface area (Å²) in [4.78, 5) is 108. The van der Waals surface area contributed by atoms with Crippen LogP contribution in [0.3, 0.4) is 0 Å². The minimum Gasteiger partial charge on any atom is -0.480 e. The lowest BCUT2D eigenvalue weighted by Gasteiger charge is -2.30. The molecule has 2 fully saturated rings. The van der Waals surface area contributed by atoms with E-state index in [4.69, 9.17) is 5.73 Å². The van der Waals surface area contributed by atoms with E-state index in [1.807, 2.05) is 13.8 Å². The lowest BCUT2D eigenvalue weighted by molar-refractivity contribution is -0.145. The molecule has 296 valence electrons. The lowest BCUT2D eigenvalue weighted by Crippen LogP contribution is -2.59. The largest absolute Gasteiger partial charge is 0.480 e. The van der Waals surface area contributed by atoms with E-state index in [9.17, 15) is 43.8 Å². The number of nitrogens with one attached hydrogen (secondary N) is 6. The zero-order chi connectivity index (χ0) is 39.5. The number of rotatable bonds is 18. The zero-order valence-corrected chi connectivity index (χ0v) is 30.6. The number of carboxylic acid groups (broad SMARTS) is 1. The van der Waals surface area contributed by atoms with E-state index >= 15 is 0 Å². The second-order valence-corrected chi connectivity index (χ2v) is 14.1. The first-order chi connectivity index (χ1) is 25.7. The van der Waals surface area contributed by atoms with Crippen molar-refractivity contribution in [3.63, 3.8) is 0 Å². The van der Waals surface area contributed by atoms with Gasteiger partial charge in [0.25, 0.3) is 0 Å². The van der Waals surface area contributed by atoms with Crippen LogP contribution in [-0.2, 0) is 46.4 Å². The number of likely N-dealkylation sites (tertiary alicyclic amines) is 2. The highest BCUT2D eigenvalue weighted by atomic mass is 16.4. The number of aromatic nitrogens is 4. The minimum atomic E-state index is -1.47. The third-order valence-corrected chi connectivity index (χ3v) is 9.47. The Labute approximate surface area is 311 Å². The van der Waals surface area contributed by atoms with Crippen LogP contribution >= 0.6 is 0 Å². The normalized spacial score (nSPS) is 19.7. The topological polar surface area (TPSA) is 298 Å². The van der Waals surface area contributed by atoms with Crippen LogP contribution in [0.1, 0.15) is 64.3 Å². The number of H-pyrrole nitrogens is 2. The maximum Gasteiger partial charge on any atom is 0.326 e. The molecule has 6 amide bonds. The van der Waals surface area contributed by atoms with E-state index in [2.05, 4.69) is 41.2 Å². The molecule has 0 aromatic carbocycles. The van der Waals surface area contributed by atoms with Crippen LogP contribution in [0, 0.1) is 5.92 Å². The predicted octanol–water partition coefficient (Wildman–Crippen LogP) is -2.69. The summed E-state index contributed by atoms with van der Waals surface area (Å²) in [5.41, 5.74) is 7.32. The number of aliphatic hydroxyl groups is 1. The molecule has 0 spiro atoms. The fourth-order valence-electron chi connectivity index (χ4n) is 6.66. The third-order valence-electron chi connectivity index (χ3n) is 9.47. The van der Waals surface area contributed by atoms with Gasteiger partial charge < -0.3 is 57.0 Å². The molecule has 10 N–H and O–H groups in total. The summed E-state index contributed by atoms with van der Waals surface area (Å²) in [6, 6.07) is -7.83. The van der Waals surface area contributed by atoms with Crippen LogP contribution < -0.4 is 27.0 Å². The van der Waals surface area contributed by atoms with Gasteiger partial charge in [0, 0.05) is 49.7 Å². The number of aliphatic carboxylic acids is 1. The number of hydrogen-bond acceptors (Lipinski definition) is 11. The van der Waals surface area contributed by atoms with Crippen molar-refractivity contribution in [3.05, 3.63) is 36.4 Å². The SMILES string of the molecule is CC(C)C[C@H](NC(=O)[C@@H]1CCCN1C(=O)[C@@H](N)Cc1cnc[nH]1)C(=O)N[C@@H](C)C(=O)N[C@@H](CO)C(=O)N1CCC[C@H]1C(=O)N[C@@H](Cc1cnc[nH]1)C(=O)O. The fraction of sp³-hybridized carbons (Fsp3) is 0.618. The monoisotopic (exact) mass is 757 g/mol. The van der Waals surface area contributed by atoms with E-state index in [1.165, 1.54) is 35.6 Å². The quantitative estimate of drug-likeness (QED) is 0.0751. The van der Waals surface area contributed by atoms with Gasteiger partial charge in [-0.05, 0) is 44.9 Å². The number of nitrogens with two attached hydrogens (primary N) is 1. The number of hydrogen-bond donors (Lipinski definition) is 9. The first kappa shape index (κ1) is 41.4. The zero-order valence-electron chi connectivity index (χ0n) is 30.6. The first-order valence-electron chi connectivity index (χ1n) is 18.1. The summed E-state index contributed by atoms with van der Waals surface area (Å²) in [5.74, 6) is -5.19. The second-order valence-electron chi connectivity index (χ2n) is 14.1. The highest BCUT2D eigenvalue weighted by molar-refractivity contribution is 5.97. The number of aromatic amines is 2. The standard InChI is InChI=1S/C34H51N11O9/c1-18(2)10-23(41-30(49)26-6-4-8-44(26)32(51)22(35)11-20-13-36-16-38-20)29(48)40-19(3)28(47)43-25(15-46)33(52)45-9-5-7-27(45)31(50)42-24(34(53)54)12-21-14-37-17-39-21/h13-14,16-19,22-27,46H,4-12,15,35H2,1-3H3,(H,36,38)(H,37,39)(H,40,48)(H,41,49)(H,42,50)(H,43,47)(H,53,54)/t19-,22-,23-,24-,25-,26-,27-/m0/s1. The molecule has 2 aromatic heterocycles. The summed E-state index contributed by atoms with van der Waals surface area (Å²) in [5, 5.41) is 29.9. The Morgan fingerprint density at radius 3 is 1.81 bits per heavy atom. The molecule has 2 aromatic rings. The van der Waals surface area contributed by atoms with Crippen molar-refractivity contribution in [1.29, 1.82) is 0 Å². The summed E-state index contributed by atoms with van der Waals surface area (Å²) in [6.07, 6.45) is 7.82. The van der Waals surface area contributed by atoms with Crippen LogP contribution in [-0.4, -0.2) is 143 Å². The van der Waals surface area contributed by atoms with Gasteiger partial charge in [-0.1, -0.05) is 13.8 Å². The van der Waals surface area contributed by atoms with Crippen LogP contribution in [0.2, 0.25) is 0 Å². The predicted molar refractivity (Wildman–Crippen MR) is 190 cm³/mol. The van der Waals surface area contributed by atoms with Crippen molar-refractivity contribution in [2.45, 2.75) is 108 Å². The van der Waals surface area contributed by atoms with Gasteiger partial charge in [0.05, 0.1) is 25.3 Å². The Morgan fingerprint density at radius 1 is 0.778 bits per heavy atom. The van der Waals surface area contributed by atoms with E-state index in [-0.39, 0.29) is 38.1 Å². The Hall–Kier alpha value is -5.37. The maximum atomic E-state index is 13.5. The second kappa shape index (κ2) is 19.1. The minimum absolute atomic E-state index is 0.0485. The summed E-state index contributed by atoms with van der Waals surface area (Å²) >= 11 is 0. The van der Waals surface area contributed by atoms with Gasteiger partial charge in [0.15, 0.2) is 0 Å². The number of imidazole rings is 2. The van der Waals surface area contributed by atoms with Gasteiger partial charge in [0.2, 0.25) is 35.4 Å². The van der Waals surface area contributed by atoms with Gasteiger partial charge in [-0.3, -0.25) is 28.8 Å². The van der Waals surface area contributed by atoms with Gasteiger partial charge in [-0.25, -0.2) is 14.8 Å². The molecule has 0 radical (unpaired) electrons. The Morgan fingerprint density at radius 2 is 1.31 bits per heavy atom.